The third-order valence-corrected chi connectivity index (χ3v) is 3.95. The normalized spacial score (nSPS) is 11.9. The minimum Gasteiger partial charge on any atom is -0.481 e. The molecule has 0 aliphatic carbocycles. The van der Waals surface area contributed by atoms with E-state index >= 15 is 0 Å². The van der Waals surface area contributed by atoms with Crippen molar-refractivity contribution in [2.45, 2.75) is 26.4 Å². The van der Waals surface area contributed by atoms with Gasteiger partial charge >= 0.3 is 0 Å². The molecule has 3 heteroatoms. The summed E-state index contributed by atoms with van der Waals surface area (Å²) < 4.78 is 5.85. The Hall–Kier alpha value is -2.81. The van der Waals surface area contributed by atoms with Crippen molar-refractivity contribution in [3.05, 3.63) is 72.3 Å². The lowest BCUT2D eigenvalue weighted by atomic mass is 10.1. The molecular weight excluding hydrogens is 298 g/mol. The molecule has 3 rings (SSSR count). The van der Waals surface area contributed by atoms with Crippen LogP contribution in [0.4, 0.5) is 5.69 Å². The molecule has 0 unspecified atom stereocenters. The fourth-order valence-electron chi connectivity index (χ4n) is 2.66. The molecule has 0 heterocycles. The molecule has 3 aromatic carbocycles. The maximum atomic E-state index is 12.5. The summed E-state index contributed by atoms with van der Waals surface area (Å²) >= 11 is 0. The second kappa shape index (κ2) is 7.18. The number of amides is 1. The Morgan fingerprint density at radius 1 is 1.00 bits per heavy atom. The molecule has 122 valence electrons. The summed E-state index contributed by atoms with van der Waals surface area (Å²) in [5, 5.41) is 5.21. The number of benzene rings is 3. The molecule has 1 atom stereocenters. The zero-order valence-electron chi connectivity index (χ0n) is 14.0. The lowest BCUT2D eigenvalue weighted by Crippen LogP contribution is -2.32. The van der Waals surface area contributed by atoms with Crippen molar-refractivity contribution in [3.63, 3.8) is 0 Å². The minimum atomic E-state index is -0.515. The van der Waals surface area contributed by atoms with Gasteiger partial charge in [-0.15, -0.1) is 0 Å². The van der Waals surface area contributed by atoms with Gasteiger partial charge in [0.05, 0.1) is 0 Å². The van der Waals surface area contributed by atoms with E-state index in [1.807, 2.05) is 74.5 Å². The van der Waals surface area contributed by atoms with Gasteiger partial charge in [-0.05, 0) is 53.9 Å². The SMILES string of the molecule is CC[C@H](Oc1cccc(C)c1)C(=O)Nc1ccc2ccccc2c1. The van der Waals surface area contributed by atoms with Crippen LogP contribution in [0.15, 0.2) is 66.7 Å². The van der Waals surface area contributed by atoms with Gasteiger partial charge in [0.25, 0.3) is 5.91 Å². The first-order valence-corrected chi connectivity index (χ1v) is 8.18. The topological polar surface area (TPSA) is 38.3 Å². The highest BCUT2D eigenvalue weighted by molar-refractivity contribution is 5.96. The number of hydrogen-bond donors (Lipinski definition) is 1. The van der Waals surface area contributed by atoms with E-state index in [-0.39, 0.29) is 5.91 Å². The van der Waals surface area contributed by atoms with E-state index in [0.717, 1.165) is 27.8 Å². The first kappa shape index (κ1) is 16.1. The standard InChI is InChI=1S/C21H21NO2/c1-3-20(24-19-10-6-7-15(2)13-19)21(23)22-18-12-11-16-8-4-5-9-17(16)14-18/h4-14,20H,3H2,1-2H3,(H,22,23)/t20-/m0/s1. The molecule has 0 spiro atoms. The number of carbonyl (C=O) groups is 1. The van der Waals surface area contributed by atoms with Crippen LogP contribution < -0.4 is 10.1 Å². The molecule has 3 aromatic rings. The molecule has 0 saturated carbocycles. The first-order chi connectivity index (χ1) is 11.7. The summed E-state index contributed by atoms with van der Waals surface area (Å²) in [7, 11) is 0. The van der Waals surface area contributed by atoms with Gasteiger partial charge in [0, 0.05) is 5.69 Å². The molecule has 1 amide bonds. The van der Waals surface area contributed by atoms with E-state index < -0.39 is 6.10 Å². The van der Waals surface area contributed by atoms with Gasteiger partial charge in [-0.2, -0.15) is 0 Å². The second-order valence-corrected chi connectivity index (χ2v) is 5.88. The van der Waals surface area contributed by atoms with Crippen LogP contribution >= 0.6 is 0 Å². The third kappa shape index (κ3) is 3.74. The van der Waals surface area contributed by atoms with Crippen molar-refractivity contribution in [1.82, 2.24) is 0 Å². The molecular formula is C21H21NO2. The van der Waals surface area contributed by atoms with Gasteiger partial charge < -0.3 is 10.1 Å². The molecule has 0 fully saturated rings. The lowest BCUT2D eigenvalue weighted by Gasteiger charge is -2.17. The first-order valence-electron chi connectivity index (χ1n) is 8.18. The summed E-state index contributed by atoms with van der Waals surface area (Å²) in [6.07, 6.45) is 0.0890. The maximum Gasteiger partial charge on any atom is 0.265 e. The van der Waals surface area contributed by atoms with Gasteiger partial charge in [0.15, 0.2) is 6.10 Å². The summed E-state index contributed by atoms with van der Waals surface area (Å²) in [5.41, 5.74) is 1.89. The average molecular weight is 319 g/mol. The van der Waals surface area contributed by atoms with Crippen LogP contribution in [0.1, 0.15) is 18.9 Å². The summed E-state index contributed by atoms with van der Waals surface area (Å²) in [5.74, 6) is 0.588. The van der Waals surface area contributed by atoms with Crippen molar-refractivity contribution >= 4 is 22.4 Å². The Balaban J connectivity index is 1.73. The highest BCUT2D eigenvalue weighted by atomic mass is 16.5. The Bertz CT molecular complexity index is 857. The molecule has 24 heavy (non-hydrogen) atoms. The van der Waals surface area contributed by atoms with Crippen molar-refractivity contribution in [3.8, 4) is 5.75 Å². The van der Waals surface area contributed by atoms with Crippen LogP contribution in [-0.4, -0.2) is 12.0 Å². The summed E-state index contributed by atoms with van der Waals surface area (Å²) in [6, 6.07) is 21.7. The van der Waals surface area contributed by atoms with Crippen LogP contribution in [0.5, 0.6) is 5.75 Å². The summed E-state index contributed by atoms with van der Waals surface area (Å²) in [6.45, 7) is 3.95. The number of nitrogens with one attached hydrogen (secondary N) is 1. The maximum absolute atomic E-state index is 12.5. The fraction of sp³-hybridized carbons (Fsp3) is 0.190. The predicted molar refractivity (Wildman–Crippen MR) is 98.5 cm³/mol. The average Bonchev–Trinajstić information content (AvgIpc) is 2.59. The molecule has 0 bridgehead atoms. The van der Waals surface area contributed by atoms with Crippen LogP contribution in [0.2, 0.25) is 0 Å². The smallest absolute Gasteiger partial charge is 0.265 e. The fourth-order valence-corrected chi connectivity index (χ4v) is 2.66. The van der Waals surface area contributed by atoms with E-state index in [0.29, 0.717) is 6.42 Å². The molecule has 0 aliphatic heterocycles. The molecule has 0 radical (unpaired) electrons. The van der Waals surface area contributed by atoms with E-state index in [2.05, 4.69) is 11.4 Å². The van der Waals surface area contributed by atoms with Crippen molar-refractivity contribution in [1.29, 1.82) is 0 Å². The molecule has 0 aromatic heterocycles. The number of ether oxygens (including phenoxy) is 1. The molecule has 1 N–H and O–H groups in total. The number of carbonyl (C=O) groups excluding carboxylic acids is 1. The Labute approximate surface area is 142 Å². The van der Waals surface area contributed by atoms with E-state index in [1.54, 1.807) is 0 Å². The van der Waals surface area contributed by atoms with Crippen LogP contribution in [-0.2, 0) is 4.79 Å². The van der Waals surface area contributed by atoms with Crippen LogP contribution in [0, 0.1) is 6.92 Å². The molecule has 3 nitrogen and oxygen atoms in total. The molecule has 0 aliphatic rings. The number of anilines is 1. The number of hydrogen-bond acceptors (Lipinski definition) is 2. The number of fused-ring (bicyclic) bond motifs is 1. The minimum absolute atomic E-state index is 0.130. The highest BCUT2D eigenvalue weighted by Crippen LogP contribution is 2.20. The van der Waals surface area contributed by atoms with Gasteiger partial charge in [-0.25, -0.2) is 0 Å². The quantitative estimate of drug-likeness (QED) is 0.723. The Kier molecular flexibility index (Phi) is 4.80. The predicted octanol–water partition coefficient (Wildman–Crippen LogP) is 4.94. The Morgan fingerprint density at radius 2 is 1.79 bits per heavy atom. The zero-order chi connectivity index (χ0) is 16.9. The van der Waals surface area contributed by atoms with E-state index in [4.69, 9.17) is 4.74 Å². The summed E-state index contributed by atoms with van der Waals surface area (Å²) in [4.78, 5) is 12.5. The third-order valence-electron chi connectivity index (χ3n) is 3.95. The van der Waals surface area contributed by atoms with Crippen molar-refractivity contribution in [2.75, 3.05) is 5.32 Å². The molecule has 0 saturated heterocycles. The highest BCUT2D eigenvalue weighted by Gasteiger charge is 2.18. The van der Waals surface area contributed by atoms with Crippen LogP contribution in [0.3, 0.4) is 0 Å². The van der Waals surface area contributed by atoms with Crippen molar-refractivity contribution < 1.29 is 9.53 Å². The van der Waals surface area contributed by atoms with E-state index in [1.165, 1.54) is 0 Å². The monoisotopic (exact) mass is 319 g/mol. The zero-order valence-corrected chi connectivity index (χ0v) is 14.0. The number of rotatable bonds is 5. The lowest BCUT2D eigenvalue weighted by molar-refractivity contribution is -0.122. The Morgan fingerprint density at radius 3 is 2.54 bits per heavy atom. The number of aryl methyl sites for hydroxylation is 1. The van der Waals surface area contributed by atoms with Gasteiger partial charge in [-0.1, -0.05) is 49.4 Å². The largest absolute Gasteiger partial charge is 0.481 e. The van der Waals surface area contributed by atoms with E-state index in [9.17, 15) is 4.79 Å². The van der Waals surface area contributed by atoms with Gasteiger partial charge in [0.2, 0.25) is 0 Å². The van der Waals surface area contributed by atoms with Crippen molar-refractivity contribution in [2.24, 2.45) is 0 Å². The van der Waals surface area contributed by atoms with Gasteiger partial charge in [-0.3, -0.25) is 4.79 Å². The second-order valence-electron chi connectivity index (χ2n) is 5.88. The van der Waals surface area contributed by atoms with Crippen LogP contribution in [0.25, 0.3) is 10.8 Å². The van der Waals surface area contributed by atoms with Gasteiger partial charge in [0.1, 0.15) is 5.75 Å².